The zero-order valence-corrected chi connectivity index (χ0v) is 15.0. The number of piperidine rings is 2. The van der Waals surface area contributed by atoms with E-state index in [1.165, 1.54) is 35.6 Å². The number of rotatable bonds is 3. The summed E-state index contributed by atoms with van der Waals surface area (Å²) in [6, 6.07) is 15.2. The molecule has 25 heavy (non-hydrogen) atoms. The number of likely N-dealkylation sites (tertiary alicyclic amines) is 2. The van der Waals surface area contributed by atoms with Crippen molar-refractivity contribution in [1.29, 1.82) is 0 Å². The van der Waals surface area contributed by atoms with Gasteiger partial charge in [0, 0.05) is 26.2 Å². The Balaban J connectivity index is 1.45. The molecule has 2 aromatic rings. The molecule has 2 aromatic carbocycles. The second-order valence-corrected chi connectivity index (χ2v) is 7.60. The SMILES string of the molecule is O=C([C@H]1CCCN(Cc2cccc3ccccc23)C1)N1CCCCC1. The minimum Gasteiger partial charge on any atom is -0.342 e. The number of amides is 1. The first-order valence-electron chi connectivity index (χ1n) is 9.79. The lowest BCUT2D eigenvalue weighted by Gasteiger charge is -2.36. The van der Waals surface area contributed by atoms with E-state index in [4.69, 9.17) is 0 Å². The van der Waals surface area contributed by atoms with Crippen molar-refractivity contribution in [2.75, 3.05) is 26.2 Å². The quantitative estimate of drug-likeness (QED) is 0.844. The Hall–Kier alpha value is -1.87. The second-order valence-electron chi connectivity index (χ2n) is 7.60. The van der Waals surface area contributed by atoms with Crippen LogP contribution in [0.4, 0.5) is 0 Å². The maximum atomic E-state index is 12.9. The van der Waals surface area contributed by atoms with Crippen LogP contribution in [0.1, 0.15) is 37.7 Å². The van der Waals surface area contributed by atoms with Gasteiger partial charge in [-0.25, -0.2) is 0 Å². The molecule has 2 heterocycles. The first kappa shape index (κ1) is 16.6. The minimum absolute atomic E-state index is 0.196. The van der Waals surface area contributed by atoms with Gasteiger partial charge in [-0.1, -0.05) is 42.5 Å². The van der Waals surface area contributed by atoms with Crippen LogP contribution in [0, 0.1) is 5.92 Å². The van der Waals surface area contributed by atoms with E-state index in [0.29, 0.717) is 5.91 Å². The van der Waals surface area contributed by atoms with Gasteiger partial charge in [-0.15, -0.1) is 0 Å². The highest BCUT2D eigenvalue weighted by Crippen LogP contribution is 2.25. The zero-order chi connectivity index (χ0) is 17.1. The third-order valence-electron chi connectivity index (χ3n) is 5.80. The summed E-state index contributed by atoms with van der Waals surface area (Å²) in [6.45, 7) is 4.91. The molecule has 0 unspecified atom stereocenters. The van der Waals surface area contributed by atoms with Gasteiger partial charge in [-0.05, 0) is 55.0 Å². The molecule has 3 nitrogen and oxygen atoms in total. The van der Waals surface area contributed by atoms with Gasteiger partial charge in [-0.3, -0.25) is 9.69 Å². The van der Waals surface area contributed by atoms with E-state index in [9.17, 15) is 4.79 Å². The van der Waals surface area contributed by atoms with Gasteiger partial charge >= 0.3 is 0 Å². The number of hydrogen-bond acceptors (Lipinski definition) is 2. The maximum absolute atomic E-state index is 12.9. The fourth-order valence-electron chi connectivity index (χ4n) is 4.44. The van der Waals surface area contributed by atoms with Crippen molar-refractivity contribution in [3.05, 3.63) is 48.0 Å². The van der Waals surface area contributed by atoms with Crippen LogP contribution in [0.5, 0.6) is 0 Å². The molecule has 4 rings (SSSR count). The van der Waals surface area contributed by atoms with Crippen molar-refractivity contribution in [3.8, 4) is 0 Å². The number of nitrogens with zero attached hydrogens (tertiary/aromatic N) is 2. The van der Waals surface area contributed by atoms with Crippen LogP contribution in [-0.2, 0) is 11.3 Å². The molecule has 1 atom stereocenters. The van der Waals surface area contributed by atoms with Gasteiger partial charge in [0.2, 0.25) is 5.91 Å². The highest BCUT2D eigenvalue weighted by molar-refractivity contribution is 5.85. The second kappa shape index (κ2) is 7.57. The summed E-state index contributed by atoms with van der Waals surface area (Å²) in [5, 5.41) is 2.65. The van der Waals surface area contributed by atoms with Gasteiger partial charge in [-0.2, -0.15) is 0 Å². The third kappa shape index (κ3) is 3.72. The average Bonchev–Trinajstić information content (AvgIpc) is 2.69. The predicted octanol–water partition coefficient (Wildman–Crippen LogP) is 4.06. The molecule has 0 radical (unpaired) electrons. The zero-order valence-electron chi connectivity index (χ0n) is 15.0. The number of carbonyl (C=O) groups is 1. The van der Waals surface area contributed by atoms with E-state index in [1.54, 1.807) is 0 Å². The number of carbonyl (C=O) groups excluding carboxylic acids is 1. The molecule has 2 fully saturated rings. The smallest absolute Gasteiger partial charge is 0.226 e. The van der Waals surface area contributed by atoms with E-state index < -0.39 is 0 Å². The largest absolute Gasteiger partial charge is 0.342 e. The first-order valence-corrected chi connectivity index (χ1v) is 9.79. The van der Waals surface area contributed by atoms with Crippen molar-refractivity contribution in [2.24, 2.45) is 5.92 Å². The molecule has 0 saturated carbocycles. The Morgan fingerprint density at radius 2 is 1.72 bits per heavy atom. The molecular weight excluding hydrogens is 308 g/mol. The van der Waals surface area contributed by atoms with Crippen LogP contribution >= 0.6 is 0 Å². The van der Waals surface area contributed by atoms with E-state index in [-0.39, 0.29) is 5.92 Å². The Bertz CT molecular complexity index is 730. The van der Waals surface area contributed by atoms with E-state index in [0.717, 1.165) is 45.6 Å². The number of benzene rings is 2. The van der Waals surface area contributed by atoms with Crippen molar-refractivity contribution in [3.63, 3.8) is 0 Å². The number of fused-ring (bicyclic) bond motifs is 1. The lowest BCUT2D eigenvalue weighted by atomic mass is 9.94. The molecular formula is C22H28N2O. The monoisotopic (exact) mass is 336 g/mol. The summed E-state index contributed by atoms with van der Waals surface area (Å²) in [4.78, 5) is 17.5. The molecule has 2 aliphatic rings. The molecule has 0 aliphatic carbocycles. The van der Waals surface area contributed by atoms with Crippen molar-refractivity contribution in [2.45, 2.75) is 38.6 Å². The predicted molar refractivity (Wildman–Crippen MR) is 102 cm³/mol. The molecule has 0 aromatic heterocycles. The topological polar surface area (TPSA) is 23.6 Å². The molecule has 0 N–H and O–H groups in total. The van der Waals surface area contributed by atoms with Crippen LogP contribution in [0.25, 0.3) is 10.8 Å². The van der Waals surface area contributed by atoms with Crippen LogP contribution in [0.3, 0.4) is 0 Å². The van der Waals surface area contributed by atoms with E-state index >= 15 is 0 Å². The van der Waals surface area contributed by atoms with Crippen LogP contribution in [0.2, 0.25) is 0 Å². The first-order chi connectivity index (χ1) is 12.3. The average molecular weight is 336 g/mol. The maximum Gasteiger partial charge on any atom is 0.226 e. The fraction of sp³-hybridized carbons (Fsp3) is 0.500. The van der Waals surface area contributed by atoms with Crippen molar-refractivity contribution in [1.82, 2.24) is 9.80 Å². The molecule has 2 aliphatic heterocycles. The van der Waals surface area contributed by atoms with Crippen LogP contribution in [-0.4, -0.2) is 41.9 Å². The molecule has 0 spiro atoms. The highest BCUT2D eigenvalue weighted by atomic mass is 16.2. The van der Waals surface area contributed by atoms with Gasteiger partial charge in [0.05, 0.1) is 5.92 Å². The van der Waals surface area contributed by atoms with Gasteiger partial charge < -0.3 is 4.90 Å². The van der Waals surface area contributed by atoms with Crippen LogP contribution < -0.4 is 0 Å². The van der Waals surface area contributed by atoms with Gasteiger partial charge in [0.25, 0.3) is 0 Å². The summed E-state index contributed by atoms with van der Waals surface area (Å²) >= 11 is 0. The Labute approximate surface area is 150 Å². The Kier molecular flexibility index (Phi) is 5.02. The highest BCUT2D eigenvalue weighted by Gasteiger charge is 2.29. The van der Waals surface area contributed by atoms with E-state index in [2.05, 4.69) is 52.3 Å². The lowest BCUT2D eigenvalue weighted by Crippen LogP contribution is -2.46. The van der Waals surface area contributed by atoms with E-state index in [1.807, 2.05) is 0 Å². The Morgan fingerprint density at radius 1 is 0.920 bits per heavy atom. The fourth-order valence-corrected chi connectivity index (χ4v) is 4.44. The molecule has 3 heteroatoms. The summed E-state index contributed by atoms with van der Waals surface area (Å²) in [5.41, 5.74) is 1.38. The molecule has 0 bridgehead atoms. The van der Waals surface area contributed by atoms with Gasteiger partial charge in [0.1, 0.15) is 0 Å². The standard InChI is InChI=1S/C22H28N2O/c25-22(24-14-4-1-5-15-24)20-11-7-13-23(17-20)16-19-10-6-9-18-8-2-3-12-21(18)19/h2-3,6,8-10,12,20H,1,4-5,7,11,13-17H2/t20-/m0/s1. The number of hydrogen-bond donors (Lipinski definition) is 0. The Morgan fingerprint density at radius 3 is 2.60 bits per heavy atom. The molecule has 2 saturated heterocycles. The van der Waals surface area contributed by atoms with Gasteiger partial charge in [0.15, 0.2) is 0 Å². The van der Waals surface area contributed by atoms with Crippen molar-refractivity contribution >= 4 is 16.7 Å². The third-order valence-corrected chi connectivity index (χ3v) is 5.80. The molecule has 1 amide bonds. The van der Waals surface area contributed by atoms with Crippen molar-refractivity contribution < 1.29 is 4.79 Å². The summed E-state index contributed by atoms with van der Waals surface area (Å²) < 4.78 is 0. The van der Waals surface area contributed by atoms with Crippen LogP contribution in [0.15, 0.2) is 42.5 Å². The molecule has 132 valence electrons. The summed E-state index contributed by atoms with van der Waals surface area (Å²) in [7, 11) is 0. The normalized spacial score (nSPS) is 22.2. The summed E-state index contributed by atoms with van der Waals surface area (Å²) in [6.07, 6.45) is 5.83. The summed E-state index contributed by atoms with van der Waals surface area (Å²) in [5.74, 6) is 0.601. The minimum atomic E-state index is 0.196. The lowest BCUT2D eigenvalue weighted by molar-refractivity contribution is -0.138.